The van der Waals surface area contributed by atoms with Crippen molar-refractivity contribution in [2.24, 2.45) is 4.99 Å². The van der Waals surface area contributed by atoms with E-state index in [1.54, 1.807) is 13.1 Å². The molecule has 132 valence electrons. The molecule has 0 radical (unpaired) electrons. The molecule has 0 bridgehead atoms. The van der Waals surface area contributed by atoms with Crippen LogP contribution in [0.25, 0.3) is 0 Å². The van der Waals surface area contributed by atoms with E-state index in [9.17, 15) is 4.79 Å². The van der Waals surface area contributed by atoms with Crippen molar-refractivity contribution in [2.45, 2.75) is 32.1 Å². The van der Waals surface area contributed by atoms with E-state index < -0.39 is 0 Å². The molecule has 1 amide bonds. The minimum absolute atomic E-state index is 0.142. The first-order valence-electron chi connectivity index (χ1n) is 8.70. The maximum Gasteiger partial charge on any atom is 0.243 e. The Morgan fingerprint density at radius 2 is 2.20 bits per heavy atom. The van der Waals surface area contributed by atoms with Gasteiger partial charge in [-0.1, -0.05) is 23.6 Å². The molecule has 25 heavy (non-hydrogen) atoms. The van der Waals surface area contributed by atoms with Gasteiger partial charge in [-0.25, -0.2) is 0 Å². The van der Waals surface area contributed by atoms with Crippen molar-refractivity contribution < 1.29 is 4.79 Å². The van der Waals surface area contributed by atoms with E-state index in [0.29, 0.717) is 11.6 Å². The first-order chi connectivity index (χ1) is 12.2. The van der Waals surface area contributed by atoms with Gasteiger partial charge in [0.25, 0.3) is 0 Å². The molecule has 1 aromatic carbocycles. The molecule has 2 rings (SSSR count). The first kappa shape index (κ1) is 18.6. The summed E-state index contributed by atoms with van der Waals surface area (Å²) in [5.41, 5.74) is 2.94. The number of carbonyl (C=O) groups excluding carboxylic acids is 1. The number of hydrogen-bond acceptors (Lipinski definition) is 2. The predicted octanol–water partition coefficient (Wildman–Crippen LogP) is 2.66. The highest BCUT2D eigenvalue weighted by molar-refractivity contribution is 5.95. The van der Waals surface area contributed by atoms with Gasteiger partial charge in [0, 0.05) is 24.8 Å². The zero-order chi connectivity index (χ0) is 17.9. The van der Waals surface area contributed by atoms with Gasteiger partial charge in [0.2, 0.25) is 5.91 Å². The number of benzene rings is 1. The van der Waals surface area contributed by atoms with E-state index in [1.165, 1.54) is 31.3 Å². The van der Waals surface area contributed by atoms with Crippen molar-refractivity contribution in [3.05, 3.63) is 41.5 Å². The van der Waals surface area contributed by atoms with Crippen LogP contribution >= 0.6 is 0 Å². The highest BCUT2D eigenvalue weighted by atomic mass is 16.1. The van der Waals surface area contributed by atoms with Gasteiger partial charge in [-0.05, 0) is 50.3 Å². The molecule has 0 fully saturated rings. The summed E-state index contributed by atoms with van der Waals surface area (Å²) < 4.78 is 0. The van der Waals surface area contributed by atoms with E-state index in [0.717, 1.165) is 18.5 Å². The number of amides is 1. The Kier molecular flexibility index (Phi) is 7.58. The second-order valence-corrected chi connectivity index (χ2v) is 5.98. The second kappa shape index (κ2) is 10.2. The molecule has 3 N–H and O–H groups in total. The van der Waals surface area contributed by atoms with Gasteiger partial charge in [-0.2, -0.15) is 0 Å². The number of anilines is 1. The zero-order valence-electron chi connectivity index (χ0n) is 14.8. The Bertz CT molecular complexity index is 685. The van der Waals surface area contributed by atoms with Gasteiger partial charge in [-0.3, -0.25) is 9.79 Å². The summed E-state index contributed by atoms with van der Waals surface area (Å²) >= 11 is 0. The highest BCUT2D eigenvalue weighted by Gasteiger charge is 2.06. The molecule has 0 aliphatic heterocycles. The molecule has 0 saturated heterocycles. The molecule has 0 unspecified atom stereocenters. The summed E-state index contributed by atoms with van der Waals surface area (Å²) in [4.78, 5) is 16.2. The van der Waals surface area contributed by atoms with Crippen LogP contribution in [0.5, 0.6) is 0 Å². The molecule has 0 aromatic heterocycles. The molecule has 5 nitrogen and oxygen atoms in total. The minimum Gasteiger partial charge on any atom is -0.356 e. The van der Waals surface area contributed by atoms with Gasteiger partial charge in [0.1, 0.15) is 0 Å². The number of allylic oxidation sites excluding steroid dienone is 1. The lowest BCUT2D eigenvalue weighted by Crippen LogP contribution is -2.41. The Morgan fingerprint density at radius 1 is 1.32 bits per heavy atom. The van der Waals surface area contributed by atoms with E-state index >= 15 is 0 Å². The molecule has 0 saturated carbocycles. The van der Waals surface area contributed by atoms with Crippen LogP contribution in [0, 0.1) is 12.3 Å². The third-order valence-electron chi connectivity index (χ3n) is 4.08. The van der Waals surface area contributed by atoms with E-state index in [-0.39, 0.29) is 12.5 Å². The minimum atomic E-state index is -0.146. The van der Waals surface area contributed by atoms with E-state index in [1.807, 2.05) is 18.2 Å². The van der Waals surface area contributed by atoms with Crippen molar-refractivity contribution in [2.75, 3.05) is 25.5 Å². The Labute approximate surface area is 150 Å². The SMILES string of the molecule is C#Cc1cccc(NC(=O)CNC(=NC)NCCC2=CCCCC2)c1. The second-order valence-electron chi connectivity index (χ2n) is 5.98. The number of carbonyl (C=O) groups is 1. The fourth-order valence-corrected chi connectivity index (χ4v) is 2.75. The van der Waals surface area contributed by atoms with Gasteiger partial charge in [-0.15, -0.1) is 6.42 Å². The van der Waals surface area contributed by atoms with Crippen molar-refractivity contribution in [3.8, 4) is 12.3 Å². The number of hydrogen-bond donors (Lipinski definition) is 3. The van der Waals surface area contributed by atoms with Crippen LogP contribution in [-0.4, -0.2) is 32.0 Å². The molecule has 0 atom stereocenters. The summed E-state index contributed by atoms with van der Waals surface area (Å²) in [5, 5.41) is 9.08. The summed E-state index contributed by atoms with van der Waals surface area (Å²) in [6.07, 6.45) is 13.7. The summed E-state index contributed by atoms with van der Waals surface area (Å²) in [7, 11) is 1.70. The number of guanidine groups is 1. The molecule has 0 heterocycles. The summed E-state index contributed by atoms with van der Waals surface area (Å²) in [6, 6.07) is 7.21. The molecule has 1 aliphatic rings. The third-order valence-corrected chi connectivity index (χ3v) is 4.08. The van der Waals surface area contributed by atoms with Crippen molar-refractivity contribution in [1.82, 2.24) is 10.6 Å². The number of terminal acetylenes is 1. The van der Waals surface area contributed by atoms with Gasteiger partial charge in [0.15, 0.2) is 5.96 Å². The smallest absolute Gasteiger partial charge is 0.243 e. The normalized spacial score (nSPS) is 14.2. The summed E-state index contributed by atoms with van der Waals surface area (Å²) in [5.74, 6) is 3.03. The maximum atomic E-state index is 12.0. The van der Waals surface area contributed by atoms with Gasteiger partial charge < -0.3 is 16.0 Å². The standard InChI is InChI=1S/C20H26N4O/c1-3-16-10-7-11-18(14-16)24-19(25)15-23-20(21-2)22-13-12-17-8-5-4-6-9-17/h1,7-8,10-11,14H,4-6,9,12-13,15H2,2H3,(H,24,25)(H2,21,22,23). The monoisotopic (exact) mass is 338 g/mol. The highest BCUT2D eigenvalue weighted by Crippen LogP contribution is 2.19. The van der Waals surface area contributed by atoms with Gasteiger partial charge in [0.05, 0.1) is 6.54 Å². The van der Waals surface area contributed by atoms with Crippen LogP contribution in [0.15, 0.2) is 40.9 Å². The lowest BCUT2D eigenvalue weighted by Gasteiger charge is -2.15. The zero-order valence-corrected chi connectivity index (χ0v) is 14.8. The Balaban J connectivity index is 1.71. The van der Waals surface area contributed by atoms with Crippen LogP contribution in [0.4, 0.5) is 5.69 Å². The maximum absolute atomic E-state index is 12.0. The van der Waals surface area contributed by atoms with Crippen molar-refractivity contribution in [3.63, 3.8) is 0 Å². The molecular formula is C20H26N4O. The number of nitrogens with one attached hydrogen (secondary N) is 3. The van der Waals surface area contributed by atoms with Crippen LogP contribution < -0.4 is 16.0 Å². The van der Waals surface area contributed by atoms with E-state index in [2.05, 4.69) is 32.9 Å². The average Bonchev–Trinajstić information content (AvgIpc) is 2.65. The quantitative estimate of drug-likeness (QED) is 0.323. The van der Waals surface area contributed by atoms with E-state index in [4.69, 9.17) is 6.42 Å². The summed E-state index contributed by atoms with van der Waals surface area (Å²) in [6.45, 7) is 0.958. The molecule has 1 aliphatic carbocycles. The van der Waals surface area contributed by atoms with Crippen LogP contribution in [0.1, 0.15) is 37.7 Å². The first-order valence-corrected chi connectivity index (χ1v) is 8.70. The average molecular weight is 338 g/mol. The van der Waals surface area contributed by atoms with Crippen LogP contribution in [0.2, 0.25) is 0 Å². The lowest BCUT2D eigenvalue weighted by molar-refractivity contribution is -0.115. The van der Waals surface area contributed by atoms with Crippen LogP contribution in [0.3, 0.4) is 0 Å². The molecule has 1 aromatic rings. The topological polar surface area (TPSA) is 65.5 Å². The fourth-order valence-electron chi connectivity index (χ4n) is 2.75. The fraction of sp³-hybridized carbons (Fsp3) is 0.400. The third kappa shape index (κ3) is 6.72. The molecule has 5 heteroatoms. The predicted molar refractivity (Wildman–Crippen MR) is 104 cm³/mol. The van der Waals surface area contributed by atoms with Crippen molar-refractivity contribution in [1.29, 1.82) is 0 Å². The Hall–Kier alpha value is -2.74. The largest absolute Gasteiger partial charge is 0.356 e. The number of rotatable bonds is 6. The number of aliphatic imine (C=N–C) groups is 1. The van der Waals surface area contributed by atoms with Gasteiger partial charge >= 0.3 is 0 Å². The molecule has 0 spiro atoms. The Morgan fingerprint density at radius 3 is 2.92 bits per heavy atom. The van der Waals surface area contributed by atoms with Crippen molar-refractivity contribution >= 4 is 17.6 Å². The lowest BCUT2D eigenvalue weighted by atomic mass is 9.97. The van der Waals surface area contributed by atoms with Crippen LogP contribution in [-0.2, 0) is 4.79 Å². The molecular weight excluding hydrogens is 312 g/mol. The number of nitrogens with zero attached hydrogens (tertiary/aromatic N) is 1.